The smallest absolute Gasteiger partial charge is 0.307 e. The lowest BCUT2D eigenvalue weighted by molar-refractivity contribution is -0.140. The molecule has 0 radical (unpaired) electrons. The SMILES string of the molecule is Cc1cnc(CNC(=O)[C@H]2[C@@H](C(=O)O)C2(C)C)cn1. The maximum absolute atomic E-state index is 12.0. The first kappa shape index (κ1) is 13.5. The molecule has 1 amide bonds. The molecule has 2 N–H and O–H groups in total. The van der Waals surface area contributed by atoms with Crippen molar-refractivity contribution >= 4 is 11.9 Å². The number of carbonyl (C=O) groups excluding carboxylic acids is 1. The fourth-order valence-corrected chi connectivity index (χ4v) is 2.39. The Morgan fingerprint density at radius 1 is 1.32 bits per heavy atom. The third kappa shape index (κ3) is 2.57. The zero-order chi connectivity index (χ0) is 14.2. The minimum Gasteiger partial charge on any atom is -0.481 e. The molecule has 1 heterocycles. The summed E-state index contributed by atoms with van der Waals surface area (Å²) >= 11 is 0. The first-order valence-electron chi connectivity index (χ1n) is 6.12. The van der Waals surface area contributed by atoms with Gasteiger partial charge < -0.3 is 10.4 Å². The largest absolute Gasteiger partial charge is 0.481 e. The van der Waals surface area contributed by atoms with E-state index in [2.05, 4.69) is 15.3 Å². The Hall–Kier alpha value is -1.98. The van der Waals surface area contributed by atoms with Gasteiger partial charge in [0.25, 0.3) is 0 Å². The monoisotopic (exact) mass is 263 g/mol. The molecule has 1 fully saturated rings. The summed E-state index contributed by atoms with van der Waals surface area (Å²) < 4.78 is 0. The number of amides is 1. The Kier molecular flexibility index (Phi) is 3.26. The maximum Gasteiger partial charge on any atom is 0.307 e. The second-order valence-corrected chi connectivity index (χ2v) is 5.48. The quantitative estimate of drug-likeness (QED) is 0.836. The average molecular weight is 263 g/mol. The third-order valence-corrected chi connectivity index (χ3v) is 3.65. The molecule has 1 aliphatic rings. The summed E-state index contributed by atoms with van der Waals surface area (Å²) in [6.45, 7) is 5.69. The van der Waals surface area contributed by atoms with Gasteiger partial charge in [-0.2, -0.15) is 0 Å². The third-order valence-electron chi connectivity index (χ3n) is 3.65. The summed E-state index contributed by atoms with van der Waals surface area (Å²) in [5.74, 6) is -2.22. The van der Waals surface area contributed by atoms with Gasteiger partial charge in [-0.25, -0.2) is 0 Å². The maximum atomic E-state index is 12.0. The van der Waals surface area contributed by atoms with Gasteiger partial charge in [0, 0.05) is 6.20 Å². The molecule has 1 aromatic rings. The molecule has 2 atom stereocenters. The second-order valence-electron chi connectivity index (χ2n) is 5.48. The van der Waals surface area contributed by atoms with E-state index < -0.39 is 23.2 Å². The number of hydrogen-bond donors (Lipinski definition) is 2. The molecule has 0 bridgehead atoms. The zero-order valence-electron chi connectivity index (χ0n) is 11.2. The number of carboxylic acids is 1. The fourth-order valence-electron chi connectivity index (χ4n) is 2.39. The van der Waals surface area contributed by atoms with E-state index >= 15 is 0 Å². The molecular weight excluding hydrogens is 246 g/mol. The van der Waals surface area contributed by atoms with E-state index in [4.69, 9.17) is 5.11 Å². The number of nitrogens with zero attached hydrogens (tertiary/aromatic N) is 2. The first-order valence-corrected chi connectivity index (χ1v) is 6.12. The standard InChI is InChI=1S/C13H17N3O3/c1-7-4-15-8(5-14-7)6-16-11(17)9-10(12(18)19)13(9,2)3/h4-5,9-10H,6H2,1-3H3,(H,16,17)(H,18,19)/t9-,10+/m1/s1. The van der Waals surface area contributed by atoms with Crippen LogP contribution in [0.4, 0.5) is 0 Å². The molecule has 19 heavy (non-hydrogen) atoms. The van der Waals surface area contributed by atoms with Crippen LogP contribution in [0.5, 0.6) is 0 Å². The van der Waals surface area contributed by atoms with E-state index in [-0.39, 0.29) is 12.5 Å². The lowest BCUT2D eigenvalue weighted by Gasteiger charge is -2.05. The minimum absolute atomic E-state index is 0.236. The predicted molar refractivity (Wildman–Crippen MR) is 67.0 cm³/mol. The second kappa shape index (κ2) is 4.60. The van der Waals surface area contributed by atoms with Gasteiger partial charge >= 0.3 is 5.97 Å². The van der Waals surface area contributed by atoms with E-state index in [0.717, 1.165) is 5.69 Å². The molecule has 6 heteroatoms. The van der Waals surface area contributed by atoms with Crippen molar-refractivity contribution in [2.45, 2.75) is 27.3 Å². The number of aromatic nitrogens is 2. The van der Waals surface area contributed by atoms with E-state index in [1.807, 2.05) is 6.92 Å². The average Bonchev–Trinajstić information content (AvgIpc) is 2.91. The Morgan fingerprint density at radius 2 is 2.00 bits per heavy atom. The summed E-state index contributed by atoms with van der Waals surface area (Å²) in [4.78, 5) is 31.2. The van der Waals surface area contributed by atoms with E-state index in [1.54, 1.807) is 26.2 Å². The van der Waals surface area contributed by atoms with Crippen LogP contribution < -0.4 is 5.32 Å². The zero-order valence-corrected chi connectivity index (χ0v) is 11.2. The molecule has 0 spiro atoms. The van der Waals surface area contributed by atoms with Gasteiger partial charge in [-0.15, -0.1) is 0 Å². The van der Waals surface area contributed by atoms with Crippen molar-refractivity contribution in [3.63, 3.8) is 0 Å². The predicted octanol–water partition coefficient (Wildman–Crippen LogP) is 0.758. The summed E-state index contributed by atoms with van der Waals surface area (Å²) in [6.07, 6.45) is 3.23. The highest BCUT2D eigenvalue weighted by Gasteiger charge is 2.65. The number of carboxylic acid groups (broad SMARTS) is 1. The van der Waals surface area contributed by atoms with Crippen molar-refractivity contribution in [2.24, 2.45) is 17.3 Å². The number of hydrogen-bond acceptors (Lipinski definition) is 4. The van der Waals surface area contributed by atoms with Crippen molar-refractivity contribution in [3.05, 3.63) is 23.8 Å². The molecule has 1 aliphatic carbocycles. The van der Waals surface area contributed by atoms with Crippen LogP contribution in [0.2, 0.25) is 0 Å². The molecule has 0 aliphatic heterocycles. The molecule has 1 saturated carbocycles. The van der Waals surface area contributed by atoms with Crippen LogP contribution in [0.25, 0.3) is 0 Å². The lowest BCUT2D eigenvalue weighted by Crippen LogP contribution is -2.27. The van der Waals surface area contributed by atoms with Crippen LogP contribution in [-0.4, -0.2) is 27.0 Å². The highest BCUT2D eigenvalue weighted by Crippen LogP contribution is 2.58. The number of aryl methyl sites for hydroxylation is 1. The normalized spacial score (nSPS) is 23.7. The van der Waals surface area contributed by atoms with Gasteiger partial charge in [-0.05, 0) is 12.3 Å². The molecule has 0 unspecified atom stereocenters. The molecule has 0 saturated heterocycles. The molecule has 2 rings (SSSR count). The number of aliphatic carboxylic acids is 1. The van der Waals surface area contributed by atoms with Crippen LogP contribution in [0, 0.1) is 24.2 Å². The number of rotatable bonds is 4. The van der Waals surface area contributed by atoms with E-state index in [1.165, 1.54) is 0 Å². The molecular formula is C13H17N3O3. The van der Waals surface area contributed by atoms with Gasteiger partial charge in [0.2, 0.25) is 5.91 Å². The van der Waals surface area contributed by atoms with Gasteiger partial charge in [-0.1, -0.05) is 13.8 Å². The van der Waals surface area contributed by atoms with Gasteiger partial charge in [0.05, 0.1) is 36.0 Å². The van der Waals surface area contributed by atoms with Crippen LogP contribution >= 0.6 is 0 Å². The number of carbonyl (C=O) groups is 2. The summed E-state index contributed by atoms with van der Waals surface area (Å²) in [7, 11) is 0. The Balaban J connectivity index is 1.93. The van der Waals surface area contributed by atoms with Crippen molar-refractivity contribution in [3.8, 4) is 0 Å². The Morgan fingerprint density at radius 3 is 2.47 bits per heavy atom. The highest BCUT2D eigenvalue weighted by atomic mass is 16.4. The van der Waals surface area contributed by atoms with Crippen LogP contribution in [0.15, 0.2) is 12.4 Å². The first-order chi connectivity index (χ1) is 8.84. The molecule has 0 aromatic carbocycles. The topological polar surface area (TPSA) is 92.2 Å². The summed E-state index contributed by atoms with van der Waals surface area (Å²) in [5, 5.41) is 11.7. The van der Waals surface area contributed by atoms with Gasteiger partial charge in [0.15, 0.2) is 0 Å². The van der Waals surface area contributed by atoms with Gasteiger partial charge in [0.1, 0.15) is 0 Å². The molecule has 1 aromatic heterocycles. The van der Waals surface area contributed by atoms with Crippen molar-refractivity contribution in [1.29, 1.82) is 0 Å². The Labute approximate surface area is 111 Å². The van der Waals surface area contributed by atoms with Gasteiger partial charge in [-0.3, -0.25) is 19.6 Å². The van der Waals surface area contributed by atoms with E-state index in [0.29, 0.717) is 5.69 Å². The molecule has 102 valence electrons. The Bertz CT molecular complexity index is 510. The lowest BCUT2D eigenvalue weighted by atomic mass is 10.1. The van der Waals surface area contributed by atoms with Crippen LogP contribution in [0.1, 0.15) is 25.2 Å². The van der Waals surface area contributed by atoms with Crippen molar-refractivity contribution in [2.75, 3.05) is 0 Å². The van der Waals surface area contributed by atoms with Crippen LogP contribution in [0.3, 0.4) is 0 Å². The van der Waals surface area contributed by atoms with Crippen molar-refractivity contribution in [1.82, 2.24) is 15.3 Å². The van der Waals surface area contributed by atoms with Crippen molar-refractivity contribution < 1.29 is 14.7 Å². The van der Waals surface area contributed by atoms with Crippen LogP contribution in [-0.2, 0) is 16.1 Å². The minimum atomic E-state index is -0.916. The highest BCUT2D eigenvalue weighted by molar-refractivity contribution is 5.91. The summed E-state index contributed by atoms with van der Waals surface area (Å²) in [6, 6.07) is 0. The summed E-state index contributed by atoms with van der Waals surface area (Å²) in [5.41, 5.74) is 0.989. The number of nitrogens with one attached hydrogen (secondary N) is 1. The van der Waals surface area contributed by atoms with E-state index in [9.17, 15) is 9.59 Å². The molecule has 6 nitrogen and oxygen atoms in total. The fraction of sp³-hybridized carbons (Fsp3) is 0.538.